The van der Waals surface area contributed by atoms with E-state index in [4.69, 9.17) is 10.5 Å². The van der Waals surface area contributed by atoms with Gasteiger partial charge in [0.2, 0.25) is 5.16 Å². The van der Waals surface area contributed by atoms with Gasteiger partial charge in [-0.3, -0.25) is 0 Å². The molecule has 0 unspecified atom stereocenters. The Bertz CT molecular complexity index is 528. The summed E-state index contributed by atoms with van der Waals surface area (Å²) >= 11 is 1.45. The molecule has 6 nitrogen and oxygen atoms in total. The van der Waals surface area contributed by atoms with E-state index in [0.29, 0.717) is 17.5 Å². The molecule has 0 bridgehead atoms. The molecule has 1 aromatic heterocycles. The fourth-order valence-electron chi connectivity index (χ4n) is 1.37. The summed E-state index contributed by atoms with van der Waals surface area (Å²) < 4.78 is 7.19. The standard InChI is InChI=1S/C11H15N5OS/c1-3-4-17-9-5-8(12)6-10(7-9)18-11-13-14-15-16(11)2/h5-7H,3-4,12H2,1-2H3. The highest BCUT2D eigenvalue weighted by molar-refractivity contribution is 7.99. The maximum atomic E-state index is 5.85. The van der Waals surface area contributed by atoms with Gasteiger partial charge in [-0.1, -0.05) is 6.92 Å². The lowest BCUT2D eigenvalue weighted by atomic mass is 10.3. The van der Waals surface area contributed by atoms with E-state index in [1.165, 1.54) is 11.8 Å². The van der Waals surface area contributed by atoms with Gasteiger partial charge in [0, 0.05) is 23.7 Å². The van der Waals surface area contributed by atoms with Crippen molar-refractivity contribution in [3.8, 4) is 5.75 Å². The number of nitrogens with zero attached hydrogens (tertiary/aromatic N) is 4. The molecule has 0 aliphatic heterocycles. The normalized spacial score (nSPS) is 10.6. The Morgan fingerprint density at radius 3 is 2.89 bits per heavy atom. The van der Waals surface area contributed by atoms with E-state index in [1.54, 1.807) is 11.7 Å². The van der Waals surface area contributed by atoms with Crippen LogP contribution in [0.15, 0.2) is 28.3 Å². The van der Waals surface area contributed by atoms with Crippen molar-refractivity contribution in [1.29, 1.82) is 0 Å². The number of anilines is 1. The van der Waals surface area contributed by atoms with Gasteiger partial charge in [-0.05, 0) is 40.7 Å². The van der Waals surface area contributed by atoms with Crippen LogP contribution in [0.3, 0.4) is 0 Å². The maximum absolute atomic E-state index is 5.85. The number of hydrogen-bond donors (Lipinski definition) is 1. The molecule has 0 amide bonds. The van der Waals surface area contributed by atoms with E-state index in [9.17, 15) is 0 Å². The van der Waals surface area contributed by atoms with Crippen LogP contribution in [-0.4, -0.2) is 26.8 Å². The van der Waals surface area contributed by atoms with Crippen LogP contribution in [0.2, 0.25) is 0 Å². The Labute approximate surface area is 110 Å². The first-order valence-electron chi connectivity index (χ1n) is 5.62. The number of aromatic nitrogens is 4. The molecule has 2 aromatic rings. The number of benzene rings is 1. The predicted octanol–water partition coefficient (Wildman–Crippen LogP) is 1.73. The molecule has 0 fully saturated rings. The molecule has 0 radical (unpaired) electrons. The molecule has 18 heavy (non-hydrogen) atoms. The fraction of sp³-hybridized carbons (Fsp3) is 0.364. The highest BCUT2D eigenvalue weighted by Gasteiger charge is 2.07. The summed E-state index contributed by atoms with van der Waals surface area (Å²) in [5, 5.41) is 12.0. The quantitative estimate of drug-likeness (QED) is 0.829. The Balaban J connectivity index is 2.17. The predicted molar refractivity (Wildman–Crippen MR) is 69.6 cm³/mol. The first-order valence-corrected chi connectivity index (χ1v) is 6.44. The van der Waals surface area contributed by atoms with Gasteiger partial charge in [0.15, 0.2) is 0 Å². The van der Waals surface area contributed by atoms with Gasteiger partial charge in [0.05, 0.1) is 6.61 Å². The first kappa shape index (κ1) is 12.7. The molecular formula is C11H15N5OS. The van der Waals surface area contributed by atoms with Crippen molar-refractivity contribution in [3.05, 3.63) is 18.2 Å². The van der Waals surface area contributed by atoms with Crippen LogP contribution in [0.1, 0.15) is 13.3 Å². The molecule has 2 rings (SSSR count). The van der Waals surface area contributed by atoms with Crippen molar-refractivity contribution in [2.45, 2.75) is 23.4 Å². The number of hydrogen-bond acceptors (Lipinski definition) is 6. The number of nitrogens with two attached hydrogens (primary N) is 1. The number of aryl methyl sites for hydroxylation is 1. The van der Waals surface area contributed by atoms with Crippen LogP contribution in [0.25, 0.3) is 0 Å². The monoisotopic (exact) mass is 265 g/mol. The number of rotatable bonds is 5. The molecular weight excluding hydrogens is 250 g/mol. The molecule has 0 aliphatic carbocycles. The van der Waals surface area contributed by atoms with Gasteiger partial charge in [-0.15, -0.1) is 5.10 Å². The van der Waals surface area contributed by atoms with E-state index in [1.807, 2.05) is 18.2 Å². The van der Waals surface area contributed by atoms with E-state index in [0.717, 1.165) is 17.1 Å². The zero-order valence-corrected chi connectivity index (χ0v) is 11.1. The summed E-state index contributed by atoms with van der Waals surface area (Å²) in [7, 11) is 1.79. The minimum Gasteiger partial charge on any atom is -0.493 e. The highest BCUT2D eigenvalue weighted by atomic mass is 32.2. The summed E-state index contributed by atoms with van der Waals surface area (Å²) in [6.45, 7) is 2.74. The SMILES string of the molecule is CCCOc1cc(N)cc(Sc2nnnn2C)c1. The van der Waals surface area contributed by atoms with E-state index in [2.05, 4.69) is 22.4 Å². The molecule has 0 atom stereocenters. The second kappa shape index (κ2) is 5.72. The third-order valence-electron chi connectivity index (χ3n) is 2.17. The van der Waals surface area contributed by atoms with Crippen LogP contribution < -0.4 is 10.5 Å². The third-order valence-corrected chi connectivity index (χ3v) is 3.17. The van der Waals surface area contributed by atoms with Gasteiger partial charge in [0.25, 0.3) is 0 Å². The average molecular weight is 265 g/mol. The van der Waals surface area contributed by atoms with E-state index in [-0.39, 0.29) is 0 Å². The van der Waals surface area contributed by atoms with Crippen LogP contribution >= 0.6 is 11.8 Å². The van der Waals surface area contributed by atoms with E-state index >= 15 is 0 Å². The fourth-order valence-corrected chi connectivity index (χ4v) is 2.20. The maximum Gasteiger partial charge on any atom is 0.213 e. The Morgan fingerprint density at radius 2 is 2.22 bits per heavy atom. The minimum atomic E-state index is 0.668. The second-order valence-corrected chi connectivity index (χ2v) is 4.81. The minimum absolute atomic E-state index is 0.668. The molecule has 0 saturated heterocycles. The molecule has 1 aromatic carbocycles. The smallest absolute Gasteiger partial charge is 0.213 e. The molecule has 0 saturated carbocycles. The van der Waals surface area contributed by atoms with Crippen molar-refractivity contribution in [2.24, 2.45) is 7.05 Å². The van der Waals surface area contributed by atoms with Gasteiger partial charge in [-0.25, -0.2) is 4.68 Å². The average Bonchev–Trinajstić information content (AvgIpc) is 2.72. The first-order chi connectivity index (χ1) is 8.69. The number of tetrazole rings is 1. The molecule has 1 heterocycles. The highest BCUT2D eigenvalue weighted by Crippen LogP contribution is 2.30. The van der Waals surface area contributed by atoms with Gasteiger partial charge < -0.3 is 10.5 Å². The van der Waals surface area contributed by atoms with Crippen molar-refractivity contribution in [1.82, 2.24) is 20.2 Å². The van der Waals surface area contributed by atoms with Crippen LogP contribution in [0, 0.1) is 0 Å². The topological polar surface area (TPSA) is 78.8 Å². The number of nitrogen functional groups attached to an aromatic ring is 1. The Hall–Kier alpha value is -1.76. The van der Waals surface area contributed by atoms with Gasteiger partial charge in [-0.2, -0.15) is 0 Å². The Kier molecular flexibility index (Phi) is 4.03. The number of ether oxygens (including phenoxy) is 1. The van der Waals surface area contributed by atoms with Crippen molar-refractivity contribution in [3.63, 3.8) is 0 Å². The van der Waals surface area contributed by atoms with Crippen LogP contribution in [0.5, 0.6) is 5.75 Å². The summed E-state index contributed by atoms with van der Waals surface area (Å²) in [5.41, 5.74) is 6.51. The summed E-state index contributed by atoms with van der Waals surface area (Å²) in [6.07, 6.45) is 0.963. The lowest BCUT2D eigenvalue weighted by Gasteiger charge is -2.08. The molecule has 2 N–H and O–H groups in total. The van der Waals surface area contributed by atoms with E-state index < -0.39 is 0 Å². The lowest BCUT2D eigenvalue weighted by molar-refractivity contribution is 0.317. The van der Waals surface area contributed by atoms with Crippen LogP contribution in [0.4, 0.5) is 5.69 Å². The molecule has 0 spiro atoms. The van der Waals surface area contributed by atoms with Crippen molar-refractivity contribution < 1.29 is 4.74 Å². The summed E-state index contributed by atoms with van der Waals surface area (Å²) in [5.74, 6) is 0.773. The van der Waals surface area contributed by atoms with Crippen LogP contribution in [-0.2, 0) is 7.05 Å². The van der Waals surface area contributed by atoms with Crippen molar-refractivity contribution in [2.75, 3.05) is 12.3 Å². The Morgan fingerprint density at radius 1 is 1.39 bits per heavy atom. The lowest BCUT2D eigenvalue weighted by Crippen LogP contribution is -1.97. The summed E-state index contributed by atoms with van der Waals surface area (Å²) in [6, 6.07) is 5.62. The van der Waals surface area contributed by atoms with Gasteiger partial charge >= 0.3 is 0 Å². The molecule has 96 valence electrons. The second-order valence-electron chi connectivity index (χ2n) is 3.77. The molecule has 7 heteroatoms. The summed E-state index contributed by atoms with van der Waals surface area (Å²) in [4.78, 5) is 0.957. The zero-order valence-electron chi connectivity index (χ0n) is 10.3. The largest absolute Gasteiger partial charge is 0.493 e. The van der Waals surface area contributed by atoms with Gasteiger partial charge in [0.1, 0.15) is 5.75 Å². The molecule has 0 aliphatic rings. The third kappa shape index (κ3) is 3.13. The zero-order chi connectivity index (χ0) is 13.0. The van der Waals surface area contributed by atoms with Crippen molar-refractivity contribution >= 4 is 17.4 Å².